The monoisotopic (exact) mass is 317 g/mol. The minimum Gasteiger partial charge on any atom is -0.344 e. The third-order valence-electron chi connectivity index (χ3n) is 4.61. The molecule has 0 unspecified atom stereocenters. The van der Waals surface area contributed by atoms with Crippen molar-refractivity contribution in [3.8, 4) is 11.3 Å². The molecule has 3 aromatic rings. The number of nitrogens with zero attached hydrogens (tertiary/aromatic N) is 1. The zero-order chi connectivity index (χ0) is 16.5. The van der Waals surface area contributed by atoms with Crippen molar-refractivity contribution in [2.75, 3.05) is 0 Å². The number of hydrogen-bond donors (Lipinski definition) is 2. The molecule has 24 heavy (non-hydrogen) atoms. The van der Waals surface area contributed by atoms with E-state index in [0.717, 1.165) is 24.1 Å². The molecular weight excluding hydrogens is 298 g/mol. The summed E-state index contributed by atoms with van der Waals surface area (Å²) in [5, 5.41) is 10.2. The van der Waals surface area contributed by atoms with E-state index in [1.54, 1.807) is 6.07 Å². The van der Waals surface area contributed by atoms with Crippen LogP contribution >= 0.6 is 0 Å². The molecule has 0 radical (unpaired) electrons. The summed E-state index contributed by atoms with van der Waals surface area (Å²) in [6.07, 6.45) is 1.96. The zero-order valence-electron chi connectivity index (χ0n) is 13.5. The van der Waals surface area contributed by atoms with Gasteiger partial charge in [0.25, 0.3) is 5.91 Å². The summed E-state index contributed by atoms with van der Waals surface area (Å²) in [4.78, 5) is 12.5. The maximum Gasteiger partial charge on any atom is 0.269 e. The van der Waals surface area contributed by atoms with Gasteiger partial charge in [-0.3, -0.25) is 9.89 Å². The van der Waals surface area contributed by atoms with Gasteiger partial charge in [0.2, 0.25) is 0 Å². The zero-order valence-corrected chi connectivity index (χ0v) is 13.5. The number of amides is 1. The number of hydrogen-bond acceptors (Lipinski definition) is 2. The molecule has 0 bridgehead atoms. The quantitative estimate of drug-likeness (QED) is 0.772. The van der Waals surface area contributed by atoms with Gasteiger partial charge in [0.05, 0.1) is 11.7 Å². The summed E-state index contributed by atoms with van der Waals surface area (Å²) in [5.41, 5.74) is 6.04. The molecular formula is C20H19N3O. The summed E-state index contributed by atoms with van der Waals surface area (Å²) in [7, 11) is 0. The standard InChI is InChI=1S/C20H19N3O/c1-13-6-8-15(9-7-13)18-12-19(23-22-18)20(24)21-17-11-10-14-4-2-3-5-16(14)17/h2-9,12,17H,10-11H2,1H3,(H,21,24)(H,22,23)/t17-/m0/s1. The van der Waals surface area contributed by atoms with E-state index >= 15 is 0 Å². The van der Waals surface area contributed by atoms with Crippen molar-refractivity contribution in [1.29, 1.82) is 0 Å². The van der Waals surface area contributed by atoms with Crippen LogP contribution in [0, 0.1) is 6.92 Å². The Hall–Kier alpha value is -2.88. The number of rotatable bonds is 3. The minimum atomic E-state index is -0.109. The molecule has 120 valence electrons. The molecule has 0 saturated heterocycles. The smallest absolute Gasteiger partial charge is 0.269 e. The summed E-state index contributed by atoms with van der Waals surface area (Å²) in [5.74, 6) is -0.109. The minimum absolute atomic E-state index is 0.0832. The Balaban J connectivity index is 1.51. The van der Waals surface area contributed by atoms with E-state index in [9.17, 15) is 4.79 Å². The van der Waals surface area contributed by atoms with E-state index in [4.69, 9.17) is 0 Å². The molecule has 1 heterocycles. The van der Waals surface area contributed by atoms with Crippen molar-refractivity contribution in [2.24, 2.45) is 0 Å². The number of carbonyl (C=O) groups is 1. The first kappa shape index (κ1) is 14.7. The predicted molar refractivity (Wildman–Crippen MR) is 93.7 cm³/mol. The van der Waals surface area contributed by atoms with Crippen molar-refractivity contribution < 1.29 is 4.79 Å². The molecule has 0 spiro atoms. The highest BCUT2D eigenvalue weighted by molar-refractivity contribution is 5.93. The Morgan fingerprint density at radius 2 is 1.96 bits per heavy atom. The Labute approximate surface area is 140 Å². The van der Waals surface area contributed by atoms with Gasteiger partial charge in [-0.05, 0) is 37.0 Å². The Morgan fingerprint density at radius 1 is 1.17 bits per heavy atom. The third kappa shape index (κ3) is 2.71. The van der Waals surface area contributed by atoms with Crippen LogP contribution in [0.5, 0.6) is 0 Å². The molecule has 1 aromatic heterocycles. The van der Waals surface area contributed by atoms with Crippen molar-refractivity contribution in [1.82, 2.24) is 15.5 Å². The van der Waals surface area contributed by atoms with E-state index in [1.807, 2.05) is 43.3 Å². The maximum absolute atomic E-state index is 12.5. The first-order chi connectivity index (χ1) is 11.7. The molecule has 4 nitrogen and oxygen atoms in total. The van der Waals surface area contributed by atoms with Gasteiger partial charge < -0.3 is 5.32 Å². The fourth-order valence-electron chi connectivity index (χ4n) is 3.25. The number of benzene rings is 2. The number of nitrogens with one attached hydrogen (secondary N) is 2. The summed E-state index contributed by atoms with van der Waals surface area (Å²) in [6.45, 7) is 2.05. The lowest BCUT2D eigenvalue weighted by Gasteiger charge is -2.13. The fourth-order valence-corrected chi connectivity index (χ4v) is 3.25. The van der Waals surface area contributed by atoms with Crippen LogP contribution in [0.1, 0.15) is 39.6 Å². The molecule has 1 aliphatic carbocycles. The fraction of sp³-hybridized carbons (Fsp3) is 0.200. The molecule has 1 aliphatic rings. The largest absolute Gasteiger partial charge is 0.344 e. The first-order valence-corrected chi connectivity index (χ1v) is 8.22. The van der Waals surface area contributed by atoms with E-state index < -0.39 is 0 Å². The van der Waals surface area contributed by atoms with E-state index in [2.05, 4.69) is 27.6 Å². The van der Waals surface area contributed by atoms with Gasteiger partial charge in [0.1, 0.15) is 5.69 Å². The highest BCUT2D eigenvalue weighted by Gasteiger charge is 2.24. The third-order valence-corrected chi connectivity index (χ3v) is 4.61. The van der Waals surface area contributed by atoms with Gasteiger partial charge in [-0.2, -0.15) is 5.10 Å². The molecule has 0 aliphatic heterocycles. The second kappa shape index (κ2) is 5.96. The molecule has 4 heteroatoms. The highest BCUT2D eigenvalue weighted by atomic mass is 16.2. The van der Waals surface area contributed by atoms with Crippen LogP contribution in [-0.2, 0) is 6.42 Å². The molecule has 1 atom stereocenters. The number of fused-ring (bicyclic) bond motifs is 1. The van der Waals surface area contributed by atoms with Crippen molar-refractivity contribution in [3.05, 3.63) is 77.0 Å². The maximum atomic E-state index is 12.5. The number of aromatic nitrogens is 2. The molecule has 0 saturated carbocycles. The van der Waals surface area contributed by atoms with Crippen LogP contribution < -0.4 is 5.32 Å². The van der Waals surface area contributed by atoms with Crippen LogP contribution in [-0.4, -0.2) is 16.1 Å². The first-order valence-electron chi connectivity index (χ1n) is 8.22. The van der Waals surface area contributed by atoms with Crippen molar-refractivity contribution >= 4 is 5.91 Å². The van der Waals surface area contributed by atoms with Gasteiger partial charge >= 0.3 is 0 Å². The number of aryl methyl sites for hydroxylation is 2. The van der Waals surface area contributed by atoms with Crippen LogP contribution in [0.3, 0.4) is 0 Å². The summed E-state index contributed by atoms with van der Waals surface area (Å²) >= 11 is 0. The van der Waals surface area contributed by atoms with Crippen LogP contribution in [0.15, 0.2) is 54.6 Å². The molecule has 2 N–H and O–H groups in total. The van der Waals surface area contributed by atoms with E-state index in [0.29, 0.717) is 5.69 Å². The summed E-state index contributed by atoms with van der Waals surface area (Å²) in [6, 6.07) is 18.3. The molecule has 1 amide bonds. The Kier molecular flexibility index (Phi) is 3.65. The van der Waals surface area contributed by atoms with Crippen LogP contribution in [0.4, 0.5) is 0 Å². The Bertz CT molecular complexity index is 880. The lowest BCUT2D eigenvalue weighted by Crippen LogP contribution is -2.27. The molecule has 2 aromatic carbocycles. The average molecular weight is 317 g/mol. The highest BCUT2D eigenvalue weighted by Crippen LogP contribution is 2.31. The van der Waals surface area contributed by atoms with Crippen molar-refractivity contribution in [2.45, 2.75) is 25.8 Å². The normalized spacial score (nSPS) is 16.0. The van der Waals surface area contributed by atoms with Gasteiger partial charge in [-0.25, -0.2) is 0 Å². The lowest BCUT2D eigenvalue weighted by molar-refractivity contribution is 0.0931. The second-order valence-corrected chi connectivity index (χ2v) is 6.30. The van der Waals surface area contributed by atoms with Crippen molar-refractivity contribution in [3.63, 3.8) is 0 Å². The summed E-state index contributed by atoms with van der Waals surface area (Å²) < 4.78 is 0. The van der Waals surface area contributed by atoms with E-state index in [-0.39, 0.29) is 11.9 Å². The molecule has 0 fully saturated rings. The number of H-pyrrole nitrogens is 1. The molecule has 4 rings (SSSR count). The van der Waals surface area contributed by atoms with Crippen LogP contribution in [0.2, 0.25) is 0 Å². The second-order valence-electron chi connectivity index (χ2n) is 6.30. The van der Waals surface area contributed by atoms with Gasteiger partial charge in [-0.15, -0.1) is 0 Å². The Morgan fingerprint density at radius 3 is 2.79 bits per heavy atom. The SMILES string of the molecule is Cc1ccc(-c2cc(C(=O)N[C@H]3CCc4ccccc43)[nH]n2)cc1. The predicted octanol–water partition coefficient (Wildman–Crippen LogP) is 3.80. The van der Waals surface area contributed by atoms with Gasteiger partial charge in [0, 0.05) is 5.56 Å². The van der Waals surface area contributed by atoms with Gasteiger partial charge in [-0.1, -0.05) is 54.1 Å². The van der Waals surface area contributed by atoms with E-state index in [1.165, 1.54) is 16.7 Å². The van der Waals surface area contributed by atoms with Crippen LogP contribution in [0.25, 0.3) is 11.3 Å². The average Bonchev–Trinajstić information content (AvgIpc) is 3.23. The number of aromatic amines is 1. The number of carbonyl (C=O) groups excluding carboxylic acids is 1. The van der Waals surface area contributed by atoms with Gasteiger partial charge in [0.15, 0.2) is 0 Å². The lowest BCUT2D eigenvalue weighted by atomic mass is 10.1. The topological polar surface area (TPSA) is 57.8 Å².